The van der Waals surface area contributed by atoms with Crippen molar-refractivity contribution >= 4 is 32.6 Å². The SMILES string of the molecule is C=C(C)CCC[C@]1(C)OC(=O)[C@]23CC=C4[C@@H](CC[C@H]5C(C)(C)[C@@H](O[C@@H]6OC[C@@H](O)[C@H](O)[C@H]6O[C@@H]6O[C@H](C)[C@@H](O[C@@H]7O[C@H](COS(=O)(=O)O)[C@@H](O)[C@H](O[C@@H]8O[C@H](COS(=O)(=O)O)[C@@H](O)[C@H](OC)[C@H]8O)[C@H]7O)[C@H](O)[C@H]6O)CC[C@]45C)[C@]2(C)CC(=O)[C@@H]31. The van der Waals surface area contributed by atoms with Gasteiger partial charge in [0.1, 0.15) is 96.8 Å². The van der Waals surface area contributed by atoms with Crippen LogP contribution in [0, 0.1) is 39.4 Å². The van der Waals surface area contributed by atoms with Crippen LogP contribution in [0.3, 0.4) is 0 Å². The molecule has 5 heterocycles. The Morgan fingerprint density at radius 3 is 1.87 bits per heavy atom. The zero-order valence-corrected chi connectivity index (χ0v) is 49.8. The molecule has 0 unspecified atom stereocenters. The Kier molecular flexibility index (Phi) is 19.0. The molecule has 1 spiro atoms. The number of cyclic esters (lactones) is 1. The number of hydrogen-bond acceptors (Lipinski definition) is 26. The second kappa shape index (κ2) is 24.1. The minimum absolute atomic E-state index is 0.0224. The topological polar surface area (TPSA) is 415 Å². The van der Waals surface area contributed by atoms with Gasteiger partial charge in [-0.25, -0.2) is 8.37 Å². The third-order valence-electron chi connectivity index (χ3n) is 20.3. The van der Waals surface area contributed by atoms with E-state index in [0.29, 0.717) is 32.1 Å². The van der Waals surface area contributed by atoms with Crippen molar-refractivity contribution in [3.63, 3.8) is 0 Å². The largest absolute Gasteiger partial charge is 0.458 e. The van der Waals surface area contributed by atoms with Gasteiger partial charge in [-0.1, -0.05) is 44.9 Å². The lowest BCUT2D eigenvalue weighted by atomic mass is 9.41. The highest BCUT2D eigenvalue weighted by Crippen LogP contribution is 2.75. The molecule has 0 aromatic heterocycles. The molecular weight excluding hydrogens is 1160 g/mol. The highest BCUT2D eigenvalue weighted by Gasteiger charge is 2.79. The number of methoxy groups -OCH3 is 1. The van der Waals surface area contributed by atoms with E-state index in [-0.39, 0.29) is 42.0 Å². The highest BCUT2D eigenvalue weighted by atomic mass is 32.3. The van der Waals surface area contributed by atoms with Crippen LogP contribution < -0.4 is 0 Å². The number of carbonyl (C=O) groups excluding carboxylic acids is 2. The molecule has 0 bridgehead atoms. The fourth-order valence-corrected chi connectivity index (χ4v) is 16.7. The maximum Gasteiger partial charge on any atom is 0.397 e. The molecule has 8 fully saturated rings. The zero-order valence-electron chi connectivity index (χ0n) is 48.2. The number of carbonyl (C=O) groups is 2. The molecule has 5 aliphatic heterocycles. The average Bonchev–Trinajstić information content (AvgIpc) is 1.45. The third-order valence-corrected chi connectivity index (χ3v) is 21.1. The number of rotatable bonds is 19. The fourth-order valence-electron chi connectivity index (χ4n) is 16.1. The summed E-state index contributed by atoms with van der Waals surface area (Å²) in [6.45, 7) is 15.3. The predicted molar refractivity (Wildman–Crippen MR) is 282 cm³/mol. The van der Waals surface area contributed by atoms with Crippen LogP contribution >= 0.6 is 0 Å². The number of aliphatic hydroxyl groups excluding tert-OH is 8. The fraction of sp³-hybridized carbons (Fsp3) is 0.889. The first kappa shape index (κ1) is 66.1. The van der Waals surface area contributed by atoms with E-state index in [2.05, 4.69) is 48.7 Å². The number of allylic oxidation sites excluding steroid dienone is 3. The van der Waals surface area contributed by atoms with Crippen LogP contribution in [-0.4, -0.2) is 234 Å². The lowest BCUT2D eigenvalue weighted by molar-refractivity contribution is -0.389. The molecule has 84 heavy (non-hydrogen) atoms. The monoisotopic (exact) mass is 1240 g/mol. The molecule has 5 saturated heterocycles. The van der Waals surface area contributed by atoms with Crippen molar-refractivity contribution in [2.75, 3.05) is 26.9 Å². The zero-order chi connectivity index (χ0) is 61.8. The van der Waals surface area contributed by atoms with Gasteiger partial charge in [0.2, 0.25) is 0 Å². The van der Waals surface area contributed by atoms with Crippen LogP contribution in [0.1, 0.15) is 106 Å². The van der Waals surface area contributed by atoms with E-state index < -0.39 is 185 Å². The molecular formula is C54H84O28S2. The van der Waals surface area contributed by atoms with E-state index in [1.165, 1.54) is 12.5 Å². The second-order valence-corrected chi connectivity index (χ2v) is 28.0. The van der Waals surface area contributed by atoms with Crippen LogP contribution in [0.5, 0.6) is 0 Å². The normalized spacial score (nSPS) is 48.5. The average molecular weight is 1250 g/mol. The van der Waals surface area contributed by atoms with E-state index in [9.17, 15) is 71.8 Å². The quantitative estimate of drug-likeness (QED) is 0.0335. The number of aliphatic hydroxyl groups is 8. The van der Waals surface area contributed by atoms with E-state index in [1.807, 2.05) is 13.8 Å². The Morgan fingerprint density at radius 1 is 0.702 bits per heavy atom. The van der Waals surface area contributed by atoms with Crippen molar-refractivity contribution in [2.45, 2.75) is 235 Å². The summed E-state index contributed by atoms with van der Waals surface area (Å²) < 4.78 is 133. The van der Waals surface area contributed by atoms with Gasteiger partial charge in [-0.15, -0.1) is 6.58 Å². The molecule has 0 amide bonds. The van der Waals surface area contributed by atoms with Crippen molar-refractivity contribution in [1.82, 2.24) is 0 Å². The van der Waals surface area contributed by atoms with E-state index >= 15 is 0 Å². The van der Waals surface area contributed by atoms with Gasteiger partial charge in [-0.2, -0.15) is 16.8 Å². The van der Waals surface area contributed by atoms with Crippen LogP contribution in [0.15, 0.2) is 23.8 Å². The van der Waals surface area contributed by atoms with Gasteiger partial charge in [0.05, 0.1) is 43.4 Å². The molecule has 10 N–H and O–H groups in total. The van der Waals surface area contributed by atoms with Gasteiger partial charge in [0, 0.05) is 13.5 Å². The second-order valence-electron chi connectivity index (χ2n) is 25.9. The minimum atomic E-state index is -5.21. The third kappa shape index (κ3) is 11.9. The Bertz CT molecular complexity index is 2690. The Hall–Kier alpha value is -2.32. The minimum Gasteiger partial charge on any atom is -0.458 e. The van der Waals surface area contributed by atoms with Crippen LogP contribution in [0.25, 0.3) is 0 Å². The van der Waals surface area contributed by atoms with Crippen molar-refractivity contribution in [3.8, 4) is 0 Å². The maximum atomic E-state index is 14.4. The molecule has 27 atom stereocenters. The lowest BCUT2D eigenvalue weighted by Crippen LogP contribution is -2.67. The van der Waals surface area contributed by atoms with Crippen molar-refractivity contribution in [2.24, 2.45) is 39.4 Å². The first-order chi connectivity index (χ1) is 39.0. The van der Waals surface area contributed by atoms with Crippen LogP contribution in [0.2, 0.25) is 0 Å². The van der Waals surface area contributed by atoms with E-state index in [4.69, 9.17) is 51.9 Å². The summed E-state index contributed by atoms with van der Waals surface area (Å²) in [5, 5.41) is 90.6. The summed E-state index contributed by atoms with van der Waals surface area (Å²) in [6.07, 6.45) is -27.4. The van der Waals surface area contributed by atoms with E-state index in [0.717, 1.165) is 31.9 Å². The lowest BCUT2D eigenvalue weighted by Gasteiger charge is -2.63. The number of fused-ring (bicyclic) bond motifs is 4. The Balaban J connectivity index is 0.882. The first-order valence-electron chi connectivity index (χ1n) is 28.6. The molecule has 0 aromatic rings. The highest BCUT2D eigenvalue weighted by molar-refractivity contribution is 7.81. The number of hydrogen-bond donors (Lipinski definition) is 10. The Morgan fingerprint density at radius 2 is 1.27 bits per heavy atom. The van der Waals surface area contributed by atoms with Crippen molar-refractivity contribution in [1.29, 1.82) is 0 Å². The number of esters is 1. The molecule has 28 nitrogen and oxygen atoms in total. The summed E-state index contributed by atoms with van der Waals surface area (Å²) in [7, 11) is -9.26. The van der Waals surface area contributed by atoms with Crippen LogP contribution in [0.4, 0.5) is 0 Å². The maximum absolute atomic E-state index is 14.4. The molecule has 480 valence electrons. The summed E-state index contributed by atoms with van der Waals surface area (Å²) in [4.78, 5) is 28.7. The molecule has 3 saturated carbocycles. The molecule has 4 aliphatic carbocycles. The summed E-state index contributed by atoms with van der Waals surface area (Å²) in [6, 6.07) is 0. The van der Waals surface area contributed by atoms with E-state index in [1.54, 1.807) is 0 Å². The molecule has 30 heteroatoms. The summed E-state index contributed by atoms with van der Waals surface area (Å²) >= 11 is 0. The Labute approximate surface area is 487 Å². The van der Waals surface area contributed by atoms with Gasteiger partial charge in [0.25, 0.3) is 0 Å². The van der Waals surface area contributed by atoms with Crippen LogP contribution in [-0.2, 0) is 86.1 Å². The predicted octanol–water partition coefficient (Wildman–Crippen LogP) is -0.555. The van der Waals surface area contributed by atoms with Crippen molar-refractivity contribution < 1.29 is 132 Å². The molecule has 0 radical (unpaired) electrons. The smallest absolute Gasteiger partial charge is 0.397 e. The van der Waals surface area contributed by atoms with Gasteiger partial charge >= 0.3 is 26.8 Å². The molecule has 9 rings (SSSR count). The number of ketones is 1. The summed E-state index contributed by atoms with van der Waals surface area (Å²) in [5.74, 6) is -0.798. The van der Waals surface area contributed by atoms with Crippen molar-refractivity contribution in [3.05, 3.63) is 23.8 Å². The van der Waals surface area contributed by atoms with Gasteiger partial charge in [0.15, 0.2) is 25.2 Å². The van der Waals surface area contributed by atoms with Gasteiger partial charge < -0.3 is 88.2 Å². The van der Waals surface area contributed by atoms with Gasteiger partial charge in [-0.05, 0) is 100 Å². The standard InChI is InChI=1S/C54H84O28S2/c1-23(2)11-10-16-53(8)44-27(55)19-52(7)26-12-13-31-50(4,5)32(15-17-51(31,6)25(26)14-18-54(44,52)49(64)82-53)78-48-43(33(57)28(56)20-72-48)81-45-37(61)36(60)40(24(3)75-45)79-47-39(63)42(35(59)30(77-47)22-74-84(68,69)70)80-46-38(62)41(71-9)34(58)29(76-46)21-73-83(65,66)67/h14,24,26,28-48,56-63H,1,10-13,15-22H2,2-9H3,(H,65,66,67)(H,68,69,70)/t24-,26-,28-,29-,30-,31+,32+,33+,34-,35-,36-,37-,38-,39-,40-,41+,42+,43-,44-,45+,46+,47+,48+,51-,52+,53+,54-/m1/s1. The van der Waals surface area contributed by atoms with Gasteiger partial charge in [-0.3, -0.25) is 18.7 Å². The molecule has 0 aromatic carbocycles. The first-order valence-corrected chi connectivity index (χ1v) is 31.3. The summed E-state index contributed by atoms with van der Waals surface area (Å²) in [5.41, 5.74) is -1.22. The number of Topliss-reactive ketones (excluding diaryl/α,β-unsaturated/α-hetero) is 1. The molecule has 9 aliphatic rings. The number of ether oxygens (including phenoxy) is 10.